The molecular weight excluding hydrogens is 376 g/mol. The van der Waals surface area contributed by atoms with Gasteiger partial charge in [0.1, 0.15) is 11.4 Å². The van der Waals surface area contributed by atoms with Gasteiger partial charge in [0.15, 0.2) is 5.75 Å². The first-order valence-corrected chi connectivity index (χ1v) is 9.47. The molecule has 1 amide bonds. The van der Waals surface area contributed by atoms with Gasteiger partial charge in [-0.1, -0.05) is 42.5 Å². The van der Waals surface area contributed by atoms with Crippen molar-refractivity contribution in [2.24, 2.45) is 0 Å². The van der Waals surface area contributed by atoms with Gasteiger partial charge in [-0.25, -0.2) is 9.97 Å². The SMILES string of the molecule is Cc1cccc(NC(=O)c2ccnc(Nc3ccccc3Oc3ccccc3)n2)c1. The molecule has 0 aliphatic carbocycles. The minimum Gasteiger partial charge on any atom is -0.455 e. The molecule has 2 N–H and O–H groups in total. The normalized spacial score (nSPS) is 10.3. The standard InChI is InChI=1S/C24H20N4O2/c1-17-8-7-9-18(16-17)26-23(29)21-14-15-25-24(28-21)27-20-12-5-6-13-22(20)30-19-10-3-2-4-11-19/h2-16H,1H3,(H,26,29)(H,25,27,28). The van der Waals surface area contributed by atoms with Crippen LogP contribution in [0.15, 0.2) is 91.1 Å². The van der Waals surface area contributed by atoms with Crippen LogP contribution in [0.5, 0.6) is 11.5 Å². The second kappa shape index (κ2) is 8.87. The summed E-state index contributed by atoms with van der Waals surface area (Å²) in [6, 6.07) is 26.1. The lowest BCUT2D eigenvalue weighted by Crippen LogP contribution is -2.14. The summed E-state index contributed by atoms with van der Waals surface area (Å²) in [6.45, 7) is 1.97. The zero-order valence-corrected chi connectivity index (χ0v) is 16.4. The van der Waals surface area contributed by atoms with Crippen molar-refractivity contribution in [1.29, 1.82) is 0 Å². The smallest absolute Gasteiger partial charge is 0.274 e. The van der Waals surface area contributed by atoms with E-state index < -0.39 is 0 Å². The summed E-state index contributed by atoms with van der Waals surface area (Å²) in [6.07, 6.45) is 1.54. The molecule has 148 valence electrons. The lowest BCUT2D eigenvalue weighted by Gasteiger charge is -2.12. The van der Waals surface area contributed by atoms with Crippen LogP contribution in [-0.2, 0) is 0 Å². The highest BCUT2D eigenvalue weighted by Gasteiger charge is 2.11. The van der Waals surface area contributed by atoms with Crippen LogP contribution in [0.25, 0.3) is 0 Å². The Morgan fingerprint density at radius 2 is 1.70 bits per heavy atom. The molecule has 0 spiro atoms. The van der Waals surface area contributed by atoms with Gasteiger partial charge in [-0.2, -0.15) is 0 Å². The topological polar surface area (TPSA) is 76.1 Å². The van der Waals surface area contributed by atoms with E-state index in [1.807, 2.05) is 85.8 Å². The number of ether oxygens (including phenoxy) is 1. The second-order valence-corrected chi connectivity index (χ2v) is 6.63. The molecule has 1 heterocycles. The summed E-state index contributed by atoms with van der Waals surface area (Å²) in [4.78, 5) is 21.2. The third kappa shape index (κ3) is 4.80. The molecule has 0 fully saturated rings. The van der Waals surface area contributed by atoms with Crippen molar-refractivity contribution in [1.82, 2.24) is 9.97 Å². The predicted molar refractivity (Wildman–Crippen MR) is 117 cm³/mol. The monoisotopic (exact) mass is 396 g/mol. The number of aryl methyl sites for hydroxylation is 1. The summed E-state index contributed by atoms with van der Waals surface area (Å²) in [7, 11) is 0. The third-order valence-corrected chi connectivity index (χ3v) is 4.27. The Balaban J connectivity index is 1.52. The van der Waals surface area contributed by atoms with Crippen LogP contribution < -0.4 is 15.4 Å². The molecule has 4 rings (SSSR count). The second-order valence-electron chi connectivity index (χ2n) is 6.63. The van der Waals surface area contributed by atoms with Gasteiger partial charge < -0.3 is 15.4 Å². The number of para-hydroxylation sites is 3. The summed E-state index contributed by atoms with van der Waals surface area (Å²) in [5.41, 5.74) is 2.73. The van der Waals surface area contributed by atoms with Gasteiger partial charge in [-0.3, -0.25) is 4.79 Å². The van der Waals surface area contributed by atoms with Gasteiger partial charge >= 0.3 is 0 Å². The van der Waals surface area contributed by atoms with Crippen LogP contribution in [0, 0.1) is 6.92 Å². The number of hydrogen-bond donors (Lipinski definition) is 2. The number of hydrogen-bond acceptors (Lipinski definition) is 5. The molecule has 6 nitrogen and oxygen atoms in total. The highest BCUT2D eigenvalue weighted by molar-refractivity contribution is 6.03. The molecule has 30 heavy (non-hydrogen) atoms. The Kier molecular flexibility index (Phi) is 5.66. The molecular formula is C24H20N4O2. The Morgan fingerprint density at radius 1 is 0.900 bits per heavy atom. The maximum absolute atomic E-state index is 12.6. The molecule has 0 saturated heterocycles. The first-order chi connectivity index (χ1) is 14.7. The minimum atomic E-state index is -0.306. The molecule has 0 radical (unpaired) electrons. The number of anilines is 3. The average molecular weight is 396 g/mol. The number of carbonyl (C=O) groups excluding carboxylic acids is 1. The summed E-state index contributed by atoms with van der Waals surface area (Å²) in [5, 5.41) is 5.99. The fourth-order valence-corrected chi connectivity index (χ4v) is 2.86. The molecule has 0 unspecified atom stereocenters. The number of nitrogens with one attached hydrogen (secondary N) is 2. The van der Waals surface area contributed by atoms with Crippen LogP contribution in [0.3, 0.4) is 0 Å². The first kappa shape index (κ1) is 19.1. The molecule has 0 aliphatic rings. The van der Waals surface area contributed by atoms with Crippen LogP contribution in [0.1, 0.15) is 16.1 Å². The van der Waals surface area contributed by atoms with E-state index in [0.717, 1.165) is 17.0 Å². The van der Waals surface area contributed by atoms with Crippen molar-refractivity contribution >= 4 is 23.2 Å². The number of rotatable bonds is 6. The van der Waals surface area contributed by atoms with Crippen molar-refractivity contribution in [2.75, 3.05) is 10.6 Å². The van der Waals surface area contributed by atoms with E-state index in [4.69, 9.17) is 4.74 Å². The van der Waals surface area contributed by atoms with E-state index in [2.05, 4.69) is 20.6 Å². The molecule has 0 saturated carbocycles. The van der Waals surface area contributed by atoms with Gasteiger partial charge in [0.05, 0.1) is 5.69 Å². The summed E-state index contributed by atoms with van der Waals surface area (Å²) < 4.78 is 5.95. The maximum Gasteiger partial charge on any atom is 0.274 e. The minimum absolute atomic E-state index is 0.260. The fourth-order valence-electron chi connectivity index (χ4n) is 2.86. The number of aromatic nitrogens is 2. The number of benzene rings is 3. The molecule has 0 atom stereocenters. The van der Waals surface area contributed by atoms with E-state index in [-0.39, 0.29) is 11.6 Å². The number of carbonyl (C=O) groups is 1. The van der Waals surface area contributed by atoms with Crippen molar-refractivity contribution in [2.45, 2.75) is 6.92 Å². The lowest BCUT2D eigenvalue weighted by atomic mass is 10.2. The quantitative estimate of drug-likeness (QED) is 0.445. The molecule has 6 heteroatoms. The molecule has 4 aromatic rings. The molecule has 0 aliphatic heterocycles. The van der Waals surface area contributed by atoms with E-state index in [1.165, 1.54) is 0 Å². The van der Waals surface area contributed by atoms with Crippen molar-refractivity contribution in [3.8, 4) is 11.5 Å². The highest BCUT2D eigenvalue weighted by Crippen LogP contribution is 2.30. The van der Waals surface area contributed by atoms with Crippen LogP contribution in [0.4, 0.5) is 17.3 Å². The van der Waals surface area contributed by atoms with Gasteiger partial charge in [0, 0.05) is 11.9 Å². The maximum atomic E-state index is 12.6. The van der Waals surface area contributed by atoms with Crippen molar-refractivity contribution in [3.05, 3.63) is 102 Å². The van der Waals surface area contributed by atoms with Gasteiger partial charge in [0.25, 0.3) is 5.91 Å². The van der Waals surface area contributed by atoms with Gasteiger partial charge in [0.2, 0.25) is 5.95 Å². The number of nitrogens with zero attached hydrogens (tertiary/aromatic N) is 2. The predicted octanol–water partition coefficient (Wildman–Crippen LogP) is 5.57. The zero-order chi connectivity index (χ0) is 20.8. The first-order valence-electron chi connectivity index (χ1n) is 9.47. The fraction of sp³-hybridized carbons (Fsp3) is 0.0417. The van der Waals surface area contributed by atoms with Crippen LogP contribution >= 0.6 is 0 Å². The van der Waals surface area contributed by atoms with E-state index in [9.17, 15) is 4.79 Å². The highest BCUT2D eigenvalue weighted by atomic mass is 16.5. The molecule has 0 bridgehead atoms. The largest absolute Gasteiger partial charge is 0.455 e. The van der Waals surface area contributed by atoms with Gasteiger partial charge in [-0.05, 0) is 55.0 Å². The summed E-state index contributed by atoms with van der Waals surface area (Å²) in [5.74, 6) is 1.34. The van der Waals surface area contributed by atoms with Gasteiger partial charge in [-0.15, -0.1) is 0 Å². The Hall–Kier alpha value is -4.19. The van der Waals surface area contributed by atoms with Crippen molar-refractivity contribution in [3.63, 3.8) is 0 Å². The van der Waals surface area contributed by atoms with Crippen LogP contribution in [-0.4, -0.2) is 15.9 Å². The van der Waals surface area contributed by atoms with E-state index in [1.54, 1.807) is 12.3 Å². The average Bonchev–Trinajstić information content (AvgIpc) is 2.76. The van der Waals surface area contributed by atoms with Crippen molar-refractivity contribution < 1.29 is 9.53 Å². The summed E-state index contributed by atoms with van der Waals surface area (Å²) >= 11 is 0. The Morgan fingerprint density at radius 3 is 2.53 bits per heavy atom. The number of amides is 1. The van der Waals surface area contributed by atoms with E-state index in [0.29, 0.717) is 17.4 Å². The molecule has 3 aromatic carbocycles. The van der Waals surface area contributed by atoms with E-state index >= 15 is 0 Å². The Bertz CT molecular complexity index is 1160. The lowest BCUT2D eigenvalue weighted by molar-refractivity contribution is 0.102. The zero-order valence-electron chi connectivity index (χ0n) is 16.4. The van der Waals surface area contributed by atoms with Crippen LogP contribution in [0.2, 0.25) is 0 Å². The third-order valence-electron chi connectivity index (χ3n) is 4.27. The Labute approximate surface area is 174 Å². The molecule has 1 aromatic heterocycles.